The fourth-order valence-corrected chi connectivity index (χ4v) is 3.16. The van der Waals surface area contributed by atoms with Crippen molar-refractivity contribution < 1.29 is 18.3 Å². The summed E-state index contributed by atoms with van der Waals surface area (Å²) >= 11 is 7.06. The van der Waals surface area contributed by atoms with Gasteiger partial charge in [0.1, 0.15) is 12.1 Å². The molecule has 2 aromatic carbocycles. The number of carbonyl (C=O) groups excluding carboxylic acids is 1. The van der Waals surface area contributed by atoms with E-state index in [0.717, 1.165) is 11.8 Å². The second-order valence-electron chi connectivity index (χ2n) is 5.04. The molecule has 1 heterocycles. The first-order chi connectivity index (χ1) is 11.6. The van der Waals surface area contributed by atoms with Crippen LogP contribution >= 0.6 is 23.4 Å². The summed E-state index contributed by atoms with van der Waals surface area (Å²) < 4.78 is 21.2. The highest BCUT2D eigenvalue weighted by Gasteiger charge is 2.21. The number of rotatable bonds is 5. The summed E-state index contributed by atoms with van der Waals surface area (Å²) in [7, 11) is 1.76. The van der Waals surface area contributed by atoms with Crippen molar-refractivity contribution in [3.05, 3.63) is 64.4 Å². The predicted molar refractivity (Wildman–Crippen MR) is 89.5 cm³/mol. The van der Waals surface area contributed by atoms with Crippen molar-refractivity contribution in [1.82, 2.24) is 5.10 Å². The molecule has 3 rings (SSSR count). The first-order valence-corrected chi connectivity index (χ1v) is 8.43. The number of hydrogen-bond acceptors (Lipinski definition) is 4. The van der Waals surface area contributed by atoms with E-state index in [-0.39, 0.29) is 5.02 Å². The maximum Gasteiger partial charge on any atom is 0.408 e. The number of carbonyl (C=O) groups is 1. The number of benzene rings is 2. The first-order valence-electron chi connectivity index (χ1n) is 7.07. The number of thioether (sulfide) groups is 1. The number of hydrogen-bond donors (Lipinski definition) is 0. The van der Waals surface area contributed by atoms with Crippen molar-refractivity contribution in [3.63, 3.8) is 0 Å². The Morgan fingerprint density at radius 1 is 1.29 bits per heavy atom. The summed E-state index contributed by atoms with van der Waals surface area (Å²) in [5.41, 5.74) is 1.88. The van der Waals surface area contributed by atoms with Crippen molar-refractivity contribution >= 4 is 29.6 Å². The van der Waals surface area contributed by atoms with Crippen LogP contribution in [0.15, 0.2) is 52.1 Å². The van der Waals surface area contributed by atoms with Crippen LogP contribution in [0.4, 0.5) is 4.39 Å². The fourth-order valence-electron chi connectivity index (χ4n) is 2.14. The van der Waals surface area contributed by atoms with Crippen molar-refractivity contribution in [1.29, 1.82) is 0 Å². The molecular weight excluding hydrogens is 351 g/mol. The van der Waals surface area contributed by atoms with E-state index in [1.54, 1.807) is 48.1 Å². The van der Waals surface area contributed by atoms with Crippen LogP contribution in [0.25, 0.3) is 11.5 Å². The van der Waals surface area contributed by atoms with Gasteiger partial charge in [-0.1, -0.05) is 47.6 Å². The van der Waals surface area contributed by atoms with Gasteiger partial charge in [0, 0.05) is 11.3 Å². The molecule has 0 saturated heterocycles. The SMILES string of the molecule is C[n+]1nc(SCc2cccc(Cl)c2F)oc1-c1ccc(C=O)cc1. The van der Waals surface area contributed by atoms with Gasteiger partial charge in [0.2, 0.25) is 0 Å². The highest BCUT2D eigenvalue weighted by atomic mass is 35.5. The summed E-state index contributed by atoms with van der Waals surface area (Å²) in [6.07, 6.45) is 0.783. The Morgan fingerprint density at radius 3 is 2.75 bits per heavy atom. The highest BCUT2D eigenvalue weighted by Crippen LogP contribution is 2.27. The average Bonchev–Trinajstić information content (AvgIpc) is 2.97. The van der Waals surface area contributed by atoms with Gasteiger partial charge in [-0.2, -0.15) is 0 Å². The molecule has 7 heteroatoms. The van der Waals surface area contributed by atoms with E-state index >= 15 is 0 Å². The van der Waals surface area contributed by atoms with Gasteiger partial charge in [-0.3, -0.25) is 4.79 Å². The molecule has 0 unspecified atom stereocenters. The van der Waals surface area contributed by atoms with Gasteiger partial charge in [-0.25, -0.2) is 4.39 Å². The standard InChI is InChI=1S/C17H13ClFN2O2S/c1-21-16(12-7-5-11(9-22)6-8-12)23-17(20-21)24-10-13-3-2-4-14(18)15(13)19/h2-9H,10H2,1H3/q+1. The first kappa shape index (κ1) is 16.7. The third-order valence-electron chi connectivity index (χ3n) is 3.39. The van der Waals surface area contributed by atoms with E-state index < -0.39 is 5.82 Å². The Hall–Kier alpha value is -2.18. The fraction of sp³-hybridized carbons (Fsp3) is 0.118. The maximum atomic E-state index is 13.9. The molecule has 0 fully saturated rings. The van der Waals surface area contributed by atoms with Gasteiger partial charge < -0.3 is 4.42 Å². The van der Waals surface area contributed by atoms with E-state index in [9.17, 15) is 9.18 Å². The Bertz CT molecular complexity index is 881. The molecule has 0 aliphatic heterocycles. The zero-order valence-corrected chi connectivity index (χ0v) is 14.3. The van der Waals surface area contributed by atoms with E-state index in [1.807, 2.05) is 0 Å². The normalized spacial score (nSPS) is 10.8. The maximum absolute atomic E-state index is 13.9. The lowest BCUT2D eigenvalue weighted by molar-refractivity contribution is -0.721. The monoisotopic (exact) mass is 363 g/mol. The molecule has 0 aliphatic rings. The number of aryl methyl sites for hydroxylation is 1. The Morgan fingerprint density at radius 2 is 2.04 bits per heavy atom. The Labute approximate surface area is 147 Å². The van der Waals surface area contributed by atoms with Crippen LogP contribution < -0.4 is 4.68 Å². The molecular formula is C17H13ClFN2O2S+. The molecule has 0 spiro atoms. The van der Waals surface area contributed by atoms with Crippen molar-refractivity contribution in [3.8, 4) is 11.5 Å². The average molecular weight is 364 g/mol. The summed E-state index contributed by atoms with van der Waals surface area (Å²) in [6, 6.07) is 11.9. The van der Waals surface area contributed by atoms with Crippen LogP contribution in [0.2, 0.25) is 5.02 Å². The van der Waals surface area contributed by atoms with Gasteiger partial charge >= 0.3 is 11.1 Å². The lowest BCUT2D eigenvalue weighted by Gasteiger charge is -2.01. The van der Waals surface area contributed by atoms with E-state index in [1.165, 1.54) is 17.8 Å². The number of aromatic nitrogens is 2. The zero-order valence-electron chi connectivity index (χ0n) is 12.7. The second kappa shape index (κ2) is 7.15. The van der Waals surface area contributed by atoms with Gasteiger partial charge in [-0.05, 0) is 28.4 Å². The van der Waals surface area contributed by atoms with Crippen LogP contribution in [-0.4, -0.2) is 11.4 Å². The molecule has 0 radical (unpaired) electrons. The Kier molecular flexibility index (Phi) is 4.97. The third kappa shape index (κ3) is 3.49. The number of aldehydes is 1. The summed E-state index contributed by atoms with van der Waals surface area (Å²) in [5.74, 6) is 0.491. The summed E-state index contributed by atoms with van der Waals surface area (Å²) in [4.78, 5) is 10.7. The second-order valence-corrected chi connectivity index (χ2v) is 6.37. The summed E-state index contributed by atoms with van der Waals surface area (Å²) in [6.45, 7) is 0. The molecule has 0 saturated carbocycles. The minimum absolute atomic E-state index is 0.0991. The molecule has 3 aromatic rings. The zero-order chi connectivity index (χ0) is 17.1. The molecule has 0 amide bonds. The molecule has 24 heavy (non-hydrogen) atoms. The lowest BCUT2D eigenvalue weighted by Crippen LogP contribution is -2.31. The van der Waals surface area contributed by atoms with Crippen molar-refractivity contribution in [2.45, 2.75) is 11.0 Å². The molecule has 0 atom stereocenters. The van der Waals surface area contributed by atoms with Crippen LogP contribution in [0, 0.1) is 5.82 Å². The van der Waals surface area contributed by atoms with Crippen LogP contribution in [0.5, 0.6) is 0 Å². The predicted octanol–water partition coefficient (Wildman–Crippen LogP) is 4.06. The Balaban J connectivity index is 1.78. The number of halogens is 2. The van der Waals surface area contributed by atoms with E-state index in [0.29, 0.717) is 28.0 Å². The smallest absolute Gasteiger partial charge is 0.372 e. The van der Waals surface area contributed by atoms with Crippen molar-refractivity contribution in [2.24, 2.45) is 7.05 Å². The highest BCUT2D eigenvalue weighted by molar-refractivity contribution is 7.98. The van der Waals surface area contributed by atoms with Gasteiger partial charge in [0.05, 0.1) is 15.7 Å². The minimum Gasteiger partial charge on any atom is -0.372 e. The molecule has 0 bridgehead atoms. The van der Waals surface area contributed by atoms with E-state index in [4.69, 9.17) is 16.0 Å². The molecule has 0 aliphatic carbocycles. The molecule has 1 aromatic heterocycles. The topological polar surface area (TPSA) is 47.0 Å². The van der Waals surface area contributed by atoms with Crippen LogP contribution in [-0.2, 0) is 12.8 Å². The van der Waals surface area contributed by atoms with Crippen LogP contribution in [0.3, 0.4) is 0 Å². The number of nitrogens with zero attached hydrogens (tertiary/aromatic N) is 2. The van der Waals surface area contributed by atoms with Gasteiger partial charge in [0.15, 0.2) is 7.05 Å². The molecule has 4 nitrogen and oxygen atoms in total. The third-order valence-corrected chi connectivity index (χ3v) is 4.55. The van der Waals surface area contributed by atoms with E-state index in [2.05, 4.69) is 5.10 Å². The minimum atomic E-state index is -0.424. The largest absolute Gasteiger partial charge is 0.408 e. The molecule has 122 valence electrons. The van der Waals surface area contributed by atoms with Gasteiger partial charge in [0.25, 0.3) is 0 Å². The molecule has 0 N–H and O–H groups in total. The quantitative estimate of drug-likeness (QED) is 0.389. The van der Waals surface area contributed by atoms with Gasteiger partial charge in [-0.15, -0.1) is 0 Å². The lowest BCUT2D eigenvalue weighted by atomic mass is 10.1. The van der Waals surface area contributed by atoms with Crippen LogP contribution in [0.1, 0.15) is 15.9 Å². The summed E-state index contributed by atoms with van der Waals surface area (Å²) in [5, 5.41) is 4.81. The van der Waals surface area contributed by atoms with Crippen molar-refractivity contribution in [2.75, 3.05) is 0 Å².